The van der Waals surface area contributed by atoms with E-state index in [4.69, 9.17) is 43.3 Å². The Morgan fingerprint density at radius 2 is 1.62 bits per heavy atom. The number of para-hydroxylation sites is 1. The molecule has 2 fully saturated rings. The van der Waals surface area contributed by atoms with Gasteiger partial charge in [0.1, 0.15) is 32.7 Å². The molecule has 306 valence electrons. The predicted molar refractivity (Wildman–Crippen MR) is 234 cm³/mol. The van der Waals surface area contributed by atoms with Crippen LogP contribution in [0.2, 0.25) is 10.3 Å². The van der Waals surface area contributed by atoms with Crippen LogP contribution in [0.15, 0.2) is 34.7 Å². The van der Waals surface area contributed by atoms with Crippen LogP contribution in [0.25, 0.3) is 43.1 Å². The number of fused-ring (bicyclic) bond motifs is 2. The van der Waals surface area contributed by atoms with Crippen LogP contribution < -0.4 is 21.7 Å². The quantitative estimate of drug-likeness (QED) is 0.0641. The largest absolute Gasteiger partial charge is 0.454 e. The van der Waals surface area contributed by atoms with E-state index in [0.717, 1.165) is 64.7 Å². The molecule has 6 aromatic rings. The fourth-order valence-electron chi connectivity index (χ4n) is 9.28. The fraction of sp³-hybridized carbons (Fsp3) is 0.476. The van der Waals surface area contributed by atoms with Crippen LogP contribution in [0.3, 0.4) is 0 Å². The Morgan fingerprint density at radius 3 is 2.34 bits per heavy atom. The van der Waals surface area contributed by atoms with Gasteiger partial charge in [0.25, 0.3) is 0 Å². The van der Waals surface area contributed by atoms with E-state index in [1.54, 1.807) is 18.4 Å². The lowest BCUT2D eigenvalue weighted by Gasteiger charge is -2.36. The van der Waals surface area contributed by atoms with Gasteiger partial charge in [0.15, 0.2) is 5.58 Å². The number of rotatable bonds is 12. The van der Waals surface area contributed by atoms with E-state index >= 15 is 0 Å². The molecule has 6 unspecified atom stereocenters. The van der Waals surface area contributed by atoms with Crippen LogP contribution >= 0.6 is 34.5 Å². The maximum Gasteiger partial charge on any atom is 0.225 e. The molecule has 5 heterocycles. The second kappa shape index (κ2) is 15.7. The van der Waals surface area contributed by atoms with E-state index in [-0.39, 0.29) is 53.5 Å². The highest BCUT2D eigenvalue weighted by Crippen LogP contribution is 2.49. The zero-order valence-electron chi connectivity index (χ0n) is 33.6. The summed E-state index contributed by atoms with van der Waals surface area (Å²) in [7, 11) is 1.76. The highest BCUT2D eigenvalue weighted by molar-refractivity contribution is 7.21. The van der Waals surface area contributed by atoms with Crippen LogP contribution in [-0.2, 0) is 12.8 Å². The number of benzene rings is 1. The topological polar surface area (TPSA) is 193 Å². The zero-order valence-corrected chi connectivity index (χ0v) is 35.9. The maximum atomic E-state index is 10.8. The lowest BCUT2D eigenvalue weighted by Crippen LogP contribution is -2.42. The van der Waals surface area contributed by atoms with Gasteiger partial charge in [-0.1, -0.05) is 49.2 Å². The maximum absolute atomic E-state index is 10.8. The molecule has 0 aliphatic heterocycles. The van der Waals surface area contributed by atoms with E-state index in [2.05, 4.69) is 81.8 Å². The summed E-state index contributed by atoms with van der Waals surface area (Å²) >= 11 is 15.4. The number of hydrogen-bond acceptors (Lipinski definition) is 14. The molecule has 0 radical (unpaired) electrons. The summed E-state index contributed by atoms with van der Waals surface area (Å²) < 4.78 is 7.39. The van der Waals surface area contributed by atoms with Crippen molar-refractivity contribution in [3.63, 3.8) is 0 Å². The first kappa shape index (κ1) is 40.4. The molecule has 6 atom stereocenters. The number of aliphatic hydroxyl groups is 2. The third kappa shape index (κ3) is 7.20. The molecule has 0 bridgehead atoms. The van der Waals surface area contributed by atoms with Gasteiger partial charge in [0.2, 0.25) is 11.9 Å². The first-order valence-electron chi connectivity index (χ1n) is 19.9. The lowest BCUT2D eigenvalue weighted by molar-refractivity contribution is 0.177. The van der Waals surface area contributed by atoms with Gasteiger partial charge in [-0.3, -0.25) is 4.98 Å². The van der Waals surface area contributed by atoms with E-state index in [1.807, 2.05) is 19.1 Å². The van der Waals surface area contributed by atoms with Crippen LogP contribution in [0.4, 0.5) is 23.5 Å². The summed E-state index contributed by atoms with van der Waals surface area (Å²) in [4.78, 5) is 28.3. The van der Waals surface area contributed by atoms with Gasteiger partial charge < -0.3 is 36.3 Å². The molecule has 16 heteroatoms. The van der Waals surface area contributed by atoms with Gasteiger partial charge in [-0.2, -0.15) is 9.97 Å². The lowest BCUT2D eigenvalue weighted by atomic mass is 9.79. The van der Waals surface area contributed by atoms with Gasteiger partial charge in [0, 0.05) is 42.4 Å². The summed E-state index contributed by atoms with van der Waals surface area (Å²) in [5.74, 6) is 2.39. The molecule has 0 saturated heterocycles. The number of thiazole rings is 1. The molecular formula is C42H50Cl2N10O3S. The summed E-state index contributed by atoms with van der Waals surface area (Å²) in [6, 6.07) is 10.2. The second-order valence-corrected chi connectivity index (χ2v) is 18.2. The Labute approximate surface area is 351 Å². The van der Waals surface area contributed by atoms with Crippen LogP contribution in [0, 0.1) is 30.6 Å². The molecule has 0 spiro atoms. The number of pyridine rings is 1. The second-order valence-electron chi connectivity index (χ2n) is 16.4. The summed E-state index contributed by atoms with van der Waals surface area (Å²) in [6.45, 7) is 10.7. The number of nitrogen functional groups attached to an aromatic ring is 1. The van der Waals surface area contributed by atoms with Gasteiger partial charge in [0.05, 0.1) is 27.0 Å². The van der Waals surface area contributed by atoms with Gasteiger partial charge in [-0.05, 0) is 107 Å². The fourth-order valence-corrected chi connectivity index (χ4v) is 10.9. The summed E-state index contributed by atoms with van der Waals surface area (Å²) in [6.07, 6.45) is 4.78. The number of nitrogens with two attached hydrogens (primary N) is 1. The van der Waals surface area contributed by atoms with E-state index in [0.29, 0.717) is 56.6 Å². The van der Waals surface area contributed by atoms with Crippen LogP contribution in [0.5, 0.6) is 0 Å². The number of furan rings is 1. The zero-order chi connectivity index (χ0) is 41.1. The first-order valence-corrected chi connectivity index (χ1v) is 21.5. The van der Waals surface area contributed by atoms with Crippen molar-refractivity contribution in [2.24, 2.45) is 23.7 Å². The molecule has 2 aliphatic carbocycles. The van der Waals surface area contributed by atoms with Crippen molar-refractivity contribution < 1.29 is 14.6 Å². The Bertz CT molecular complexity index is 2510. The molecular weight excluding hydrogens is 796 g/mol. The third-order valence-corrected chi connectivity index (χ3v) is 14.5. The first-order chi connectivity index (χ1) is 27.8. The smallest absolute Gasteiger partial charge is 0.225 e. The van der Waals surface area contributed by atoms with Crippen molar-refractivity contribution in [2.45, 2.75) is 84.2 Å². The number of halogens is 2. The van der Waals surface area contributed by atoms with E-state index in [9.17, 15) is 10.2 Å². The molecule has 58 heavy (non-hydrogen) atoms. The normalized spacial score (nSPS) is 24.6. The van der Waals surface area contributed by atoms with Crippen molar-refractivity contribution in [1.29, 1.82) is 0 Å². The van der Waals surface area contributed by atoms with Crippen molar-refractivity contribution in [3.05, 3.63) is 57.6 Å². The van der Waals surface area contributed by atoms with Gasteiger partial charge in [-0.25, -0.2) is 15.0 Å². The molecule has 13 nitrogen and oxygen atoms in total. The number of nitrogens with zero attached hydrogens (tertiary/aromatic N) is 6. The summed E-state index contributed by atoms with van der Waals surface area (Å²) in [5.41, 5.74) is 10.9. The molecule has 2 aliphatic rings. The minimum absolute atomic E-state index is 0.000912. The Morgan fingerprint density at radius 1 is 0.914 bits per heavy atom. The minimum Gasteiger partial charge on any atom is -0.454 e. The number of nitrogens with one attached hydrogen (secondary N) is 3. The minimum atomic E-state index is -0.538. The molecule has 8 rings (SSSR count). The molecule has 1 aromatic carbocycles. The third-order valence-electron chi connectivity index (χ3n) is 12.9. The number of hydrogen-bond donors (Lipinski definition) is 6. The van der Waals surface area contributed by atoms with Crippen molar-refractivity contribution >= 4 is 79.3 Å². The van der Waals surface area contributed by atoms with Gasteiger partial charge in [-0.15, -0.1) is 11.3 Å². The highest BCUT2D eigenvalue weighted by Gasteiger charge is 2.46. The van der Waals surface area contributed by atoms with Crippen LogP contribution in [-0.4, -0.2) is 71.5 Å². The number of aryl methyl sites for hydroxylation is 2. The van der Waals surface area contributed by atoms with E-state index in [1.165, 1.54) is 0 Å². The Hall–Kier alpha value is -4.34. The van der Waals surface area contributed by atoms with Crippen molar-refractivity contribution in [2.75, 3.05) is 41.9 Å². The molecule has 2 saturated carbocycles. The number of anilines is 4. The number of aliphatic hydroxyl groups excluding tert-OH is 2. The van der Waals surface area contributed by atoms with Gasteiger partial charge >= 0.3 is 0 Å². The number of aromatic nitrogens is 6. The standard InChI is InChI=1S/C42H50Cl2N10O3S/c1-7-26-15-25-17-28(57-33(25)21(3)47-26)30-34(43)49-39(45)51-36(30)54-42(5)14-12-24(19-56)27(42)16-22-9-8-10-29-32(22)48-38(58-29)31-35(44)50-40(46-6)52-37(31)53-41(4)13-11-23(18-55)20(41)2/h8-10,15,17,20,23-24,27,55-56H,7,11-14,16,18-19H2,1-6H3,(H3,45,49,51,54)(H2,46,50,52,53). The molecule has 0 amide bonds. The Balaban J connectivity index is 1.15. The Kier molecular flexibility index (Phi) is 10.9. The van der Waals surface area contributed by atoms with Crippen LogP contribution in [0.1, 0.15) is 70.3 Å². The predicted octanol–water partition coefficient (Wildman–Crippen LogP) is 8.79. The van der Waals surface area contributed by atoms with Crippen molar-refractivity contribution in [3.8, 4) is 21.9 Å². The van der Waals surface area contributed by atoms with Crippen molar-refractivity contribution in [1.82, 2.24) is 29.9 Å². The average Bonchev–Trinajstić information content (AvgIpc) is 3.95. The molecule has 5 aromatic heterocycles. The SMILES string of the molecule is CCc1cc2cc(-c3c(Cl)nc(N)nc3NC3(C)CCC(CO)C3Cc3cccc4sc(-c5c(Cl)nc(NC)nc5NC5(C)CCC(CO)C5C)nc34)oc2c(C)n1. The molecule has 7 N–H and O–H groups in total. The average molecular weight is 846 g/mol. The summed E-state index contributed by atoms with van der Waals surface area (Å²) in [5, 5.41) is 33.4. The highest BCUT2D eigenvalue weighted by atomic mass is 35.5. The van der Waals surface area contributed by atoms with E-state index < -0.39 is 5.54 Å². The monoisotopic (exact) mass is 844 g/mol.